The van der Waals surface area contributed by atoms with Gasteiger partial charge in [0.15, 0.2) is 0 Å². The van der Waals surface area contributed by atoms with Crippen LogP contribution in [0.5, 0.6) is 0 Å². The topological polar surface area (TPSA) is 142 Å². The molecule has 0 amide bonds. The Morgan fingerprint density at radius 2 is 0.783 bits per heavy atom. The van der Waals surface area contributed by atoms with Crippen molar-refractivity contribution < 1.29 is 0 Å². The summed E-state index contributed by atoms with van der Waals surface area (Å²) in [6.45, 7) is 0. The van der Waals surface area contributed by atoms with Gasteiger partial charge in [-0.3, -0.25) is 4.98 Å². The Labute approximate surface area is 343 Å². The predicted molar refractivity (Wildman–Crippen MR) is 233 cm³/mol. The van der Waals surface area contributed by atoms with Crippen molar-refractivity contribution in [2.75, 3.05) is 0 Å². The number of nitriles is 5. The van der Waals surface area contributed by atoms with Crippen LogP contribution in [0.15, 0.2) is 158 Å². The molecular weight excluding hydrogens is 737 g/mol. The van der Waals surface area contributed by atoms with Gasteiger partial charge in [-0.2, -0.15) is 26.3 Å². The molecule has 274 valence electrons. The Hall–Kier alpha value is -9.26. The second kappa shape index (κ2) is 14.0. The molecule has 0 N–H and O–H groups in total. The number of nitrogens with zero attached hydrogens (tertiary/aromatic N) is 8. The summed E-state index contributed by atoms with van der Waals surface area (Å²) in [7, 11) is 0. The van der Waals surface area contributed by atoms with Gasteiger partial charge in [0.25, 0.3) is 0 Å². The van der Waals surface area contributed by atoms with Crippen molar-refractivity contribution in [1.82, 2.24) is 14.1 Å². The molecule has 0 atom stereocenters. The van der Waals surface area contributed by atoms with Gasteiger partial charge in [0.05, 0.1) is 85.7 Å². The SMILES string of the molecule is N#Cc1ccc2c(c1)c1cc(C#N)ccc1n2-c1cc(-c2cccnc2-c2ccccc2-c2ccccc2)cc(-n2c3ccc(C#N)cc3c3cc(C#N)ccc32)c1C#N. The van der Waals surface area contributed by atoms with Crippen LogP contribution in [-0.4, -0.2) is 14.1 Å². The van der Waals surface area contributed by atoms with Crippen LogP contribution in [0.3, 0.4) is 0 Å². The highest BCUT2D eigenvalue weighted by atomic mass is 15.0. The van der Waals surface area contributed by atoms with Crippen molar-refractivity contribution in [3.63, 3.8) is 0 Å². The largest absolute Gasteiger partial charge is 0.308 e. The molecule has 0 bridgehead atoms. The lowest BCUT2D eigenvalue weighted by molar-refractivity contribution is 1.12. The molecule has 0 aliphatic rings. The highest BCUT2D eigenvalue weighted by Gasteiger charge is 2.25. The van der Waals surface area contributed by atoms with Gasteiger partial charge in [0.2, 0.25) is 0 Å². The fourth-order valence-electron chi connectivity index (χ4n) is 8.49. The summed E-state index contributed by atoms with van der Waals surface area (Å²) in [5.74, 6) is 0. The summed E-state index contributed by atoms with van der Waals surface area (Å²) in [4.78, 5) is 5.01. The van der Waals surface area contributed by atoms with Crippen molar-refractivity contribution in [2.45, 2.75) is 0 Å². The highest BCUT2D eigenvalue weighted by Crippen LogP contribution is 2.43. The molecule has 7 aromatic carbocycles. The second-order valence-corrected chi connectivity index (χ2v) is 14.4. The van der Waals surface area contributed by atoms with E-state index < -0.39 is 0 Å². The zero-order valence-electron chi connectivity index (χ0n) is 31.6. The summed E-state index contributed by atoms with van der Waals surface area (Å²) >= 11 is 0. The summed E-state index contributed by atoms with van der Waals surface area (Å²) in [6.07, 6.45) is 1.78. The molecule has 10 aromatic rings. The van der Waals surface area contributed by atoms with E-state index in [1.54, 1.807) is 30.5 Å². The number of pyridine rings is 1. The van der Waals surface area contributed by atoms with E-state index in [1.165, 1.54) is 0 Å². The lowest BCUT2D eigenvalue weighted by Gasteiger charge is -2.20. The fraction of sp³-hybridized carbons (Fsp3) is 0. The minimum absolute atomic E-state index is 0.355. The van der Waals surface area contributed by atoms with Crippen LogP contribution in [0.1, 0.15) is 27.8 Å². The molecule has 0 aliphatic carbocycles. The van der Waals surface area contributed by atoms with Crippen LogP contribution in [0.4, 0.5) is 0 Å². The molecule has 8 heteroatoms. The summed E-state index contributed by atoms with van der Waals surface area (Å²) in [5.41, 5.74) is 11.7. The first kappa shape index (κ1) is 35.2. The Morgan fingerprint density at radius 1 is 0.367 bits per heavy atom. The number of rotatable bonds is 5. The van der Waals surface area contributed by atoms with Crippen LogP contribution < -0.4 is 0 Å². The van der Waals surface area contributed by atoms with Crippen molar-refractivity contribution >= 4 is 43.6 Å². The van der Waals surface area contributed by atoms with E-state index in [2.05, 4.69) is 54.6 Å². The van der Waals surface area contributed by atoms with Gasteiger partial charge >= 0.3 is 0 Å². The normalized spacial score (nSPS) is 10.9. The van der Waals surface area contributed by atoms with Crippen LogP contribution in [0.25, 0.3) is 88.5 Å². The Kier molecular flexibility index (Phi) is 8.23. The minimum atomic E-state index is 0.355. The van der Waals surface area contributed by atoms with Crippen molar-refractivity contribution in [3.05, 3.63) is 186 Å². The molecule has 8 nitrogen and oxygen atoms in total. The maximum atomic E-state index is 11.4. The van der Waals surface area contributed by atoms with E-state index in [-0.39, 0.29) is 0 Å². The lowest BCUT2D eigenvalue weighted by atomic mass is 9.92. The van der Waals surface area contributed by atoms with E-state index in [0.29, 0.717) is 39.2 Å². The Bertz CT molecular complexity index is 3350. The fourth-order valence-corrected chi connectivity index (χ4v) is 8.49. The van der Waals surface area contributed by atoms with Crippen LogP contribution in [0, 0.1) is 56.7 Å². The molecule has 0 saturated heterocycles. The van der Waals surface area contributed by atoms with Crippen LogP contribution in [0.2, 0.25) is 0 Å². The van der Waals surface area contributed by atoms with Crippen molar-refractivity contribution in [1.29, 1.82) is 26.3 Å². The summed E-state index contributed by atoms with van der Waals surface area (Å²) in [5, 5.41) is 54.2. The van der Waals surface area contributed by atoms with E-state index >= 15 is 0 Å². The number of fused-ring (bicyclic) bond motifs is 6. The van der Waals surface area contributed by atoms with Gasteiger partial charge in [-0.25, -0.2) is 0 Å². The lowest BCUT2D eigenvalue weighted by Crippen LogP contribution is -2.06. The smallest absolute Gasteiger partial charge is 0.104 e. The molecule has 0 unspecified atom stereocenters. The Morgan fingerprint density at radius 3 is 1.22 bits per heavy atom. The third-order valence-corrected chi connectivity index (χ3v) is 11.1. The molecule has 0 saturated carbocycles. The Balaban J connectivity index is 1.37. The number of benzene rings is 7. The maximum Gasteiger partial charge on any atom is 0.104 e. The third-order valence-electron chi connectivity index (χ3n) is 11.1. The molecule has 3 aromatic heterocycles. The molecule has 60 heavy (non-hydrogen) atoms. The van der Waals surface area contributed by atoms with Crippen LogP contribution in [-0.2, 0) is 0 Å². The monoisotopic (exact) mass is 762 g/mol. The van der Waals surface area contributed by atoms with Gasteiger partial charge in [0, 0.05) is 38.9 Å². The summed E-state index contributed by atoms with van der Waals surface area (Å²) < 4.78 is 4.06. The van der Waals surface area contributed by atoms with E-state index in [9.17, 15) is 26.3 Å². The minimum Gasteiger partial charge on any atom is -0.308 e. The van der Waals surface area contributed by atoms with Crippen LogP contribution >= 0.6 is 0 Å². The number of aromatic nitrogens is 3. The summed E-state index contributed by atoms with van der Waals surface area (Å²) in [6, 6.07) is 59.7. The van der Waals surface area contributed by atoms with Crippen molar-refractivity contribution in [3.8, 4) is 75.2 Å². The standard InChI is InChI=1S/C52H26N8/c53-27-32-12-16-46-41(21-32)42-22-33(28-54)13-17-47(42)59(46)50-25-37(39-11-6-20-58-52(39)40-10-5-4-9-38(40)36-7-2-1-3-8-36)26-51(45(50)31-57)60-48-18-14-34(29-55)23-43(48)44-24-35(30-56)15-19-49(44)60/h1-26H. The van der Waals surface area contributed by atoms with Gasteiger partial charge < -0.3 is 9.13 Å². The average Bonchev–Trinajstić information content (AvgIpc) is 3.82. The quantitative estimate of drug-likeness (QED) is 0.171. The molecule has 10 rings (SSSR count). The zero-order valence-corrected chi connectivity index (χ0v) is 31.6. The second-order valence-electron chi connectivity index (χ2n) is 14.4. The maximum absolute atomic E-state index is 11.4. The van der Waals surface area contributed by atoms with Gasteiger partial charge in [-0.15, -0.1) is 0 Å². The first-order valence-corrected chi connectivity index (χ1v) is 19.0. The molecule has 0 radical (unpaired) electrons. The molecular formula is C52H26N8. The first-order valence-electron chi connectivity index (χ1n) is 19.0. The van der Waals surface area contributed by atoms with Gasteiger partial charge in [0.1, 0.15) is 11.6 Å². The zero-order chi connectivity index (χ0) is 40.9. The molecule has 0 spiro atoms. The molecule has 0 fully saturated rings. The number of hydrogen-bond acceptors (Lipinski definition) is 6. The third kappa shape index (κ3) is 5.45. The van der Waals surface area contributed by atoms with E-state index in [4.69, 9.17) is 4.98 Å². The predicted octanol–water partition coefficient (Wildman–Crippen LogP) is 11.6. The van der Waals surface area contributed by atoms with Gasteiger partial charge in [-0.1, -0.05) is 60.7 Å². The number of hydrogen-bond donors (Lipinski definition) is 0. The van der Waals surface area contributed by atoms with Crippen molar-refractivity contribution in [2.24, 2.45) is 0 Å². The first-order chi connectivity index (χ1) is 29.5. The van der Waals surface area contributed by atoms with E-state index in [0.717, 1.165) is 77.1 Å². The average molecular weight is 763 g/mol. The van der Waals surface area contributed by atoms with Gasteiger partial charge in [-0.05, 0) is 108 Å². The highest BCUT2D eigenvalue weighted by molar-refractivity contribution is 6.12. The van der Waals surface area contributed by atoms with E-state index in [1.807, 2.05) is 112 Å². The molecule has 3 heterocycles. The molecule has 0 aliphatic heterocycles.